The number of aryl methyl sites for hydroxylation is 1. The van der Waals surface area contributed by atoms with Crippen molar-refractivity contribution in [3.05, 3.63) is 29.3 Å². The van der Waals surface area contributed by atoms with Crippen LogP contribution in [0.5, 0.6) is 5.75 Å². The van der Waals surface area contributed by atoms with Crippen LogP contribution >= 0.6 is 0 Å². The van der Waals surface area contributed by atoms with Crippen LogP contribution in [0.2, 0.25) is 0 Å². The standard InChI is InChI=1S/C16H26N2O3/c1-12(2)6-9-21-15-10-13(3)4-5-14(15)11-18-16(20)17-7-8-19/h4-5,10,12,19H,6-9,11H2,1-3H3,(H2,17,18,20). The maximum Gasteiger partial charge on any atom is 0.315 e. The second-order valence-corrected chi connectivity index (χ2v) is 5.48. The first-order chi connectivity index (χ1) is 10.0. The molecule has 21 heavy (non-hydrogen) atoms. The fourth-order valence-electron chi connectivity index (χ4n) is 1.75. The van der Waals surface area contributed by atoms with E-state index in [1.54, 1.807) is 0 Å². The molecule has 0 spiro atoms. The minimum absolute atomic E-state index is 0.0679. The lowest BCUT2D eigenvalue weighted by atomic mass is 10.1. The van der Waals surface area contributed by atoms with Gasteiger partial charge in [0.05, 0.1) is 13.2 Å². The van der Waals surface area contributed by atoms with Gasteiger partial charge in [0.1, 0.15) is 5.75 Å². The summed E-state index contributed by atoms with van der Waals surface area (Å²) in [4.78, 5) is 11.5. The predicted molar refractivity (Wildman–Crippen MR) is 83.5 cm³/mol. The van der Waals surface area contributed by atoms with Gasteiger partial charge in [-0.15, -0.1) is 0 Å². The van der Waals surface area contributed by atoms with E-state index in [-0.39, 0.29) is 19.2 Å². The van der Waals surface area contributed by atoms with Gasteiger partial charge in [-0.1, -0.05) is 26.0 Å². The molecule has 2 amide bonds. The van der Waals surface area contributed by atoms with Gasteiger partial charge in [0.15, 0.2) is 0 Å². The van der Waals surface area contributed by atoms with Crippen molar-refractivity contribution in [1.29, 1.82) is 0 Å². The molecule has 0 radical (unpaired) electrons. The first-order valence-electron chi connectivity index (χ1n) is 7.37. The van der Waals surface area contributed by atoms with Gasteiger partial charge in [-0.2, -0.15) is 0 Å². The van der Waals surface area contributed by atoms with E-state index < -0.39 is 0 Å². The summed E-state index contributed by atoms with van der Waals surface area (Å²) >= 11 is 0. The van der Waals surface area contributed by atoms with E-state index in [0.717, 1.165) is 23.3 Å². The highest BCUT2D eigenvalue weighted by molar-refractivity contribution is 5.73. The SMILES string of the molecule is Cc1ccc(CNC(=O)NCCO)c(OCCC(C)C)c1. The number of rotatable bonds is 8. The smallest absolute Gasteiger partial charge is 0.315 e. The molecule has 0 unspecified atom stereocenters. The molecule has 0 saturated heterocycles. The number of nitrogens with one attached hydrogen (secondary N) is 2. The van der Waals surface area contributed by atoms with Gasteiger partial charge in [0, 0.05) is 18.7 Å². The molecule has 1 aromatic carbocycles. The molecule has 0 aliphatic heterocycles. The molecular formula is C16H26N2O3. The van der Waals surface area contributed by atoms with Crippen molar-refractivity contribution in [3.63, 3.8) is 0 Å². The minimum Gasteiger partial charge on any atom is -0.493 e. The van der Waals surface area contributed by atoms with Gasteiger partial charge in [0.25, 0.3) is 0 Å². The van der Waals surface area contributed by atoms with Gasteiger partial charge < -0.3 is 20.5 Å². The summed E-state index contributed by atoms with van der Waals surface area (Å²) in [6.45, 7) is 7.58. The third-order valence-electron chi connectivity index (χ3n) is 3.01. The molecule has 1 aromatic rings. The van der Waals surface area contributed by atoms with E-state index in [1.165, 1.54) is 0 Å². The van der Waals surface area contributed by atoms with Crippen molar-refractivity contribution in [2.45, 2.75) is 33.7 Å². The molecular weight excluding hydrogens is 268 g/mol. The number of carbonyl (C=O) groups is 1. The Kier molecular flexibility index (Phi) is 7.61. The second kappa shape index (κ2) is 9.23. The average molecular weight is 294 g/mol. The number of hydrogen-bond acceptors (Lipinski definition) is 3. The fraction of sp³-hybridized carbons (Fsp3) is 0.562. The van der Waals surface area contributed by atoms with E-state index in [9.17, 15) is 4.79 Å². The summed E-state index contributed by atoms with van der Waals surface area (Å²) in [5.74, 6) is 1.42. The van der Waals surface area contributed by atoms with Crippen LogP contribution in [0.4, 0.5) is 4.79 Å². The minimum atomic E-state index is -0.294. The van der Waals surface area contributed by atoms with Crippen molar-refractivity contribution >= 4 is 6.03 Å². The quantitative estimate of drug-likeness (QED) is 0.688. The first-order valence-corrected chi connectivity index (χ1v) is 7.37. The van der Waals surface area contributed by atoms with Crippen LogP contribution in [-0.4, -0.2) is 30.9 Å². The van der Waals surface area contributed by atoms with Crippen molar-refractivity contribution in [2.24, 2.45) is 5.92 Å². The normalized spacial score (nSPS) is 10.5. The van der Waals surface area contributed by atoms with Gasteiger partial charge in [-0.05, 0) is 30.9 Å². The number of amides is 2. The molecule has 0 heterocycles. The highest BCUT2D eigenvalue weighted by Gasteiger charge is 2.07. The molecule has 0 bridgehead atoms. The lowest BCUT2D eigenvalue weighted by Crippen LogP contribution is -2.36. The van der Waals surface area contributed by atoms with Crippen molar-refractivity contribution in [1.82, 2.24) is 10.6 Å². The van der Waals surface area contributed by atoms with Crippen LogP contribution < -0.4 is 15.4 Å². The number of aliphatic hydroxyl groups is 1. The summed E-state index contributed by atoms with van der Waals surface area (Å²) in [6, 6.07) is 5.66. The average Bonchev–Trinajstić information content (AvgIpc) is 2.43. The Morgan fingerprint density at radius 2 is 2.10 bits per heavy atom. The maximum atomic E-state index is 11.5. The van der Waals surface area contributed by atoms with E-state index in [0.29, 0.717) is 19.1 Å². The Hall–Kier alpha value is -1.75. The number of ether oxygens (including phenoxy) is 1. The Balaban J connectivity index is 2.57. The third kappa shape index (κ3) is 6.99. The topological polar surface area (TPSA) is 70.6 Å². The van der Waals surface area contributed by atoms with E-state index in [2.05, 4.69) is 24.5 Å². The van der Waals surface area contributed by atoms with Crippen molar-refractivity contribution in [2.75, 3.05) is 19.8 Å². The van der Waals surface area contributed by atoms with Gasteiger partial charge in [-0.3, -0.25) is 0 Å². The molecule has 0 fully saturated rings. The number of aliphatic hydroxyl groups excluding tert-OH is 1. The highest BCUT2D eigenvalue weighted by atomic mass is 16.5. The molecule has 5 nitrogen and oxygen atoms in total. The van der Waals surface area contributed by atoms with Gasteiger partial charge >= 0.3 is 6.03 Å². The zero-order valence-electron chi connectivity index (χ0n) is 13.1. The Morgan fingerprint density at radius 1 is 1.33 bits per heavy atom. The zero-order chi connectivity index (χ0) is 15.7. The van der Waals surface area contributed by atoms with Crippen molar-refractivity contribution < 1.29 is 14.6 Å². The van der Waals surface area contributed by atoms with E-state index in [4.69, 9.17) is 9.84 Å². The molecule has 1 rings (SSSR count). The first kappa shape index (κ1) is 17.3. The van der Waals surface area contributed by atoms with Gasteiger partial charge in [-0.25, -0.2) is 4.79 Å². The van der Waals surface area contributed by atoms with Crippen LogP contribution in [0.15, 0.2) is 18.2 Å². The molecule has 0 aromatic heterocycles. The Bertz CT molecular complexity index is 447. The molecule has 0 atom stereocenters. The molecule has 0 aliphatic rings. The van der Waals surface area contributed by atoms with Crippen molar-refractivity contribution in [3.8, 4) is 5.75 Å². The van der Waals surface area contributed by atoms with Crippen LogP contribution in [0, 0.1) is 12.8 Å². The Labute approximate surface area is 126 Å². The number of hydrogen-bond donors (Lipinski definition) is 3. The molecule has 5 heteroatoms. The summed E-state index contributed by atoms with van der Waals surface area (Å²) in [5, 5.41) is 14.0. The predicted octanol–water partition coefficient (Wildman–Crippen LogP) is 2.21. The summed E-state index contributed by atoms with van der Waals surface area (Å²) < 4.78 is 5.83. The molecule has 0 aliphatic carbocycles. The Morgan fingerprint density at radius 3 is 2.76 bits per heavy atom. The largest absolute Gasteiger partial charge is 0.493 e. The van der Waals surface area contributed by atoms with Gasteiger partial charge in [0.2, 0.25) is 0 Å². The van der Waals surface area contributed by atoms with Crippen LogP contribution in [-0.2, 0) is 6.54 Å². The lowest BCUT2D eigenvalue weighted by molar-refractivity contribution is 0.233. The molecule has 0 saturated carbocycles. The molecule has 3 N–H and O–H groups in total. The third-order valence-corrected chi connectivity index (χ3v) is 3.01. The van der Waals surface area contributed by atoms with Crippen LogP contribution in [0.3, 0.4) is 0 Å². The van der Waals surface area contributed by atoms with E-state index >= 15 is 0 Å². The van der Waals surface area contributed by atoms with Crippen LogP contribution in [0.25, 0.3) is 0 Å². The van der Waals surface area contributed by atoms with E-state index in [1.807, 2.05) is 25.1 Å². The monoisotopic (exact) mass is 294 g/mol. The number of urea groups is 1. The maximum absolute atomic E-state index is 11.5. The summed E-state index contributed by atoms with van der Waals surface area (Å²) in [5.41, 5.74) is 2.08. The zero-order valence-corrected chi connectivity index (χ0v) is 13.1. The lowest BCUT2D eigenvalue weighted by Gasteiger charge is -2.14. The number of benzene rings is 1. The summed E-state index contributed by atoms with van der Waals surface area (Å²) in [7, 11) is 0. The highest BCUT2D eigenvalue weighted by Crippen LogP contribution is 2.21. The van der Waals surface area contributed by atoms with Crippen LogP contribution in [0.1, 0.15) is 31.4 Å². The second-order valence-electron chi connectivity index (χ2n) is 5.48. The fourth-order valence-corrected chi connectivity index (χ4v) is 1.75. The molecule has 118 valence electrons. The summed E-state index contributed by atoms with van der Waals surface area (Å²) in [6.07, 6.45) is 0.998. The number of carbonyl (C=O) groups excluding carboxylic acids is 1.